The van der Waals surface area contributed by atoms with Gasteiger partial charge in [-0.15, -0.1) is 0 Å². The number of carbonyl (C=O) groups excluding carboxylic acids is 3. The summed E-state index contributed by atoms with van der Waals surface area (Å²) in [6.07, 6.45) is 3.35. The van der Waals surface area contributed by atoms with Gasteiger partial charge in [0.1, 0.15) is 11.9 Å². The molecule has 10 heteroatoms. The molecule has 3 aliphatic rings. The van der Waals surface area contributed by atoms with E-state index in [0.29, 0.717) is 53.2 Å². The van der Waals surface area contributed by atoms with E-state index >= 15 is 0 Å². The van der Waals surface area contributed by atoms with Gasteiger partial charge < -0.3 is 20.0 Å². The first-order chi connectivity index (χ1) is 15.9. The molecule has 172 valence electrons. The Morgan fingerprint density at radius 2 is 1.82 bits per heavy atom. The van der Waals surface area contributed by atoms with Gasteiger partial charge >= 0.3 is 0 Å². The maximum absolute atomic E-state index is 13.1. The lowest BCUT2D eigenvalue weighted by Gasteiger charge is -2.36. The summed E-state index contributed by atoms with van der Waals surface area (Å²) in [5, 5.41) is 3.71. The second kappa shape index (κ2) is 8.83. The number of aromatic nitrogens is 1. The number of fused-ring (bicyclic) bond motifs is 1. The third-order valence-corrected chi connectivity index (χ3v) is 6.81. The molecule has 5 rings (SSSR count). The van der Waals surface area contributed by atoms with Gasteiger partial charge in [-0.05, 0) is 30.5 Å². The Kier molecular flexibility index (Phi) is 5.88. The zero-order valence-electron chi connectivity index (χ0n) is 17.8. The van der Waals surface area contributed by atoms with Crippen LogP contribution in [0.2, 0.25) is 10.0 Å². The number of hydrogen-bond acceptors (Lipinski definition) is 5. The van der Waals surface area contributed by atoms with Crippen molar-refractivity contribution in [1.29, 1.82) is 0 Å². The second-order valence-electron chi connectivity index (χ2n) is 8.48. The number of anilines is 1. The van der Waals surface area contributed by atoms with Gasteiger partial charge in [-0.2, -0.15) is 0 Å². The maximum atomic E-state index is 13.1. The lowest BCUT2D eigenvalue weighted by atomic mass is 10.0. The van der Waals surface area contributed by atoms with E-state index in [9.17, 15) is 14.4 Å². The van der Waals surface area contributed by atoms with E-state index in [1.54, 1.807) is 34.2 Å². The van der Waals surface area contributed by atoms with Crippen LogP contribution in [0.15, 0.2) is 36.5 Å². The van der Waals surface area contributed by atoms with Gasteiger partial charge in [-0.25, -0.2) is 4.98 Å². The van der Waals surface area contributed by atoms with Crippen LogP contribution in [0.5, 0.6) is 0 Å². The molecule has 1 aromatic carbocycles. The number of amides is 3. The predicted molar refractivity (Wildman–Crippen MR) is 124 cm³/mol. The second-order valence-corrected chi connectivity index (χ2v) is 9.32. The molecule has 2 aliphatic heterocycles. The average molecular weight is 488 g/mol. The SMILES string of the molecule is O=C(NCC(=O)N1CCN(c2ncc(Cl)cc2Cl)CC1)C1c2ccccc2C(=O)N1C1CC1. The first-order valence-electron chi connectivity index (χ1n) is 11.0. The van der Waals surface area contributed by atoms with Crippen molar-refractivity contribution in [2.75, 3.05) is 37.6 Å². The van der Waals surface area contributed by atoms with Crippen molar-refractivity contribution in [1.82, 2.24) is 20.1 Å². The van der Waals surface area contributed by atoms with E-state index in [4.69, 9.17) is 23.2 Å². The van der Waals surface area contributed by atoms with Crippen molar-refractivity contribution >= 4 is 46.7 Å². The molecule has 0 radical (unpaired) electrons. The standard InChI is InChI=1S/C23H23Cl2N5O3/c24-14-11-18(25)21(26-12-14)29-9-7-28(8-10-29)19(31)13-27-22(32)20-16-3-1-2-4-17(16)23(33)30(20)15-5-6-15/h1-4,11-12,15,20H,5-10,13H2,(H,27,32). The number of halogens is 2. The molecule has 8 nitrogen and oxygen atoms in total. The van der Waals surface area contributed by atoms with Crippen LogP contribution in [0.25, 0.3) is 0 Å². The van der Waals surface area contributed by atoms with Gasteiger partial charge in [0.25, 0.3) is 5.91 Å². The molecule has 1 saturated heterocycles. The fraction of sp³-hybridized carbons (Fsp3) is 0.391. The molecule has 1 atom stereocenters. The minimum Gasteiger partial charge on any atom is -0.352 e. The highest BCUT2D eigenvalue weighted by atomic mass is 35.5. The summed E-state index contributed by atoms with van der Waals surface area (Å²) >= 11 is 12.2. The molecule has 0 spiro atoms. The van der Waals surface area contributed by atoms with Gasteiger partial charge in [0.2, 0.25) is 11.8 Å². The van der Waals surface area contributed by atoms with E-state index < -0.39 is 6.04 Å². The molecule has 1 N–H and O–H groups in total. The molecule has 1 aromatic heterocycles. The number of carbonyl (C=O) groups is 3. The van der Waals surface area contributed by atoms with Crippen LogP contribution in [0.1, 0.15) is 34.8 Å². The summed E-state index contributed by atoms with van der Waals surface area (Å²) in [5.74, 6) is 0.0643. The van der Waals surface area contributed by atoms with Crippen LogP contribution in [0.4, 0.5) is 5.82 Å². The van der Waals surface area contributed by atoms with Crippen molar-refractivity contribution in [3.8, 4) is 0 Å². The highest BCUT2D eigenvalue weighted by molar-refractivity contribution is 6.36. The Balaban J connectivity index is 1.18. The summed E-state index contributed by atoms with van der Waals surface area (Å²) in [5.41, 5.74) is 1.28. The van der Waals surface area contributed by atoms with Crippen LogP contribution < -0.4 is 10.2 Å². The normalized spacial score (nSPS) is 20.1. The van der Waals surface area contributed by atoms with Gasteiger partial charge in [-0.3, -0.25) is 14.4 Å². The molecule has 1 saturated carbocycles. The van der Waals surface area contributed by atoms with Crippen molar-refractivity contribution in [3.63, 3.8) is 0 Å². The molecule has 3 heterocycles. The summed E-state index contributed by atoms with van der Waals surface area (Å²) in [7, 11) is 0. The summed E-state index contributed by atoms with van der Waals surface area (Å²) in [6.45, 7) is 2.04. The van der Waals surface area contributed by atoms with Gasteiger partial charge in [0.05, 0.1) is 16.6 Å². The van der Waals surface area contributed by atoms with Crippen LogP contribution >= 0.6 is 23.2 Å². The van der Waals surface area contributed by atoms with Crippen LogP contribution in [-0.2, 0) is 9.59 Å². The van der Waals surface area contributed by atoms with Gasteiger partial charge in [0.15, 0.2) is 0 Å². The highest BCUT2D eigenvalue weighted by Crippen LogP contribution is 2.41. The minimum atomic E-state index is -0.677. The van der Waals surface area contributed by atoms with E-state index in [1.807, 2.05) is 17.0 Å². The molecule has 2 aromatic rings. The number of pyridine rings is 1. The zero-order chi connectivity index (χ0) is 23.1. The average Bonchev–Trinajstić information content (AvgIpc) is 3.61. The minimum absolute atomic E-state index is 0.0951. The van der Waals surface area contributed by atoms with Crippen molar-refractivity contribution in [2.45, 2.75) is 24.9 Å². The first-order valence-corrected chi connectivity index (χ1v) is 11.7. The lowest BCUT2D eigenvalue weighted by molar-refractivity contribution is -0.134. The number of rotatable bonds is 5. The summed E-state index contributed by atoms with van der Waals surface area (Å²) in [4.78, 5) is 48.3. The quantitative estimate of drug-likeness (QED) is 0.699. The number of piperazine rings is 1. The Bertz CT molecular complexity index is 1120. The molecule has 3 amide bonds. The Labute approximate surface area is 201 Å². The lowest BCUT2D eigenvalue weighted by Crippen LogP contribution is -2.52. The molecule has 1 aliphatic carbocycles. The monoisotopic (exact) mass is 487 g/mol. The Morgan fingerprint density at radius 1 is 1.09 bits per heavy atom. The van der Waals surface area contributed by atoms with E-state index in [1.165, 1.54) is 0 Å². The van der Waals surface area contributed by atoms with E-state index in [-0.39, 0.29) is 30.3 Å². The van der Waals surface area contributed by atoms with Crippen LogP contribution in [0, 0.1) is 0 Å². The Morgan fingerprint density at radius 3 is 2.52 bits per heavy atom. The molecule has 2 fully saturated rings. The predicted octanol–water partition coefficient (Wildman–Crippen LogP) is 2.51. The zero-order valence-corrected chi connectivity index (χ0v) is 19.3. The van der Waals surface area contributed by atoms with Crippen molar-refractivity contribution in [2.24, 2.45) is 0 Å². The third-order valence-electron chi connectivity index (χ3n) is 6.32. The summed E-state index contributed by atoms with van der Waals surface area (Å²) < 4.78 is 0. The van der Waals surface area contributed by atoms with Crippen molar-refractivity contribution < 1.29 is 14.4 Å². The smallest absolute Gasteiger partial charge is 0.255 e. The van der Waals surface area contributed by atoms with Crippen LogP contribution in [0.3, 0.4) is 0 Å². The fourth-order valence-corrected chi connectivity index (χ4v) is 5.01. The molecule has 1 unspecified atom stereocenters. The number of benzene rings is 1. The Hall–Kier alpha value is -2.84. The maximum Gasteiger partial charge on any atom is 0.255 e. The number of hydrogen-bond donors (Lipinski definition) is 1. The molecular formula is C23H23Cl2N5O3. The summed E-state index contributed by atoms with van der Waals surface area (Å²) in [6, 6.07) is 8.27. The molecule has 33 heavy (non-hydrogen) atoms. The van der Waals surface area contributed by atoms with Crippen LogP contribution in [-0.4, -0.2) is 71.3 Å². The number of nitrogens with zero attached hydrogens (tertiary/aromatic N) is 4. The third kappa shape index (κ3) is 4.25. The first kappa shape index (κ1) is 22.0. The largest absolute Gasteiger partial charge is 0.352 e. The van der Waals surface area contributed by atoms with E-state index in [2.05, 4.69) is 10.3 Å². The van der Waals surface area contributed by atoms with Gasteiger partial charge in [-0.1, -0.05) is 41.4 Å². The fourth-order valence-electron chi connectivity index (χ4n) is 4.51. The highest BCUT2D eigenvalue weighted by Gasteiger charge is 2.47. The van der Waals surface area contributed by atoms with Crippen molar-refractivity contribution in [3.05, 3.63) is 57.7 Å². The topological polar surface area (TPSA) is 85.9 Å². The molecular weight excluding hydrogens is 465 g/mol. The van der Waals surface area contributed by atoms with Gasteiger partial charge in [0, 0.05) is 44.0 Å². The van der Waals surface area contributed by atoms with E-state index in [0.717, 1.165) is 12.8 Å². The molecule has 0 bridgehead atoms. The number of nitrogens with one attached hydrogen (secondary N) is 1.